The van der Waals surface area contributed by atoms with Crippen LogP contribution in [0.4, 0.5) is 0 Å². The Hall–Kier alpha value is -3.49. The van der Waals surface area contributed by atoms with Crippen LogP contribution in [-0.2, 0) is 5.41 Å². The van der Waals surface area contributed by atoms with Crippen LogP contribution in [0.5, 0.6) is 28.7 Å². The highest BCUT2D eigenvalue weighted by Crippen LogP contribution is 2.47. The normalized spacial score (nSPS) is 12.2. The quantitative estimate of drug-likeness (QED) is 0.292. The van der Waals surface area contributed by atoms with Gasteiger partial charge in [-0.2, -0.15) is 0 Å². The summed E-state index contributed by atoms with van der Waals surface area (Å²) in [5.74, 6) is 3.18. The summed E-state index contributed by atoms with van der Waals surface area (Å²) in [6.07, 6.45) is 0. The van der Waals surface area contributed by atoms with Crippen LogP contribution >= 0.6 is 7.92 Å². The van der Waals surface area contributed by atoms with Gasteiger partial charge in [0.15, 0.2) is 0 Å². The smallest absolute Gasteiger partial charge is 0.136 e. The van der Waals surface area contributed by atoms with Gasteiger partial charge in [0.2, 0.25) is 0 Å². The third-order valence-corrected chi connectivity index (χ3v) is 8.84. The lowest BCUT2D eigenvalue weighted by Gasteiger charge is -2.29. The molecular formula is C31H33O4P. The molecule has 0 bridgehead atoms. The Bertz CT molecular complexity index is 1320. The van der Waals surface area contributed by atoms with E-state index in [1.807, 2.05) is 78.9 Å². The predicted octanol–water partition coefficient (Wildman–Crippen LogP) is 6.57. The van der Waals surface area contributed by atoms with Gasteiger partial charge in [-0.05, 0) is 53.8 Å². The molecule has 0 aliphatic heterocycles. The monoisotopic (exact) mass is 500 g/mol. The number of para-hydroxylation sites is 2. The van der Waals surface area contributed by atoms with E-state index in [9.17, 15) is 5.11 Å². The van der Waals surface area contributed by atoms with Crippen LogP contribution in [-0.4, -0.2) is 19.3 Å². The second-order valence-corrected chi connectivity index (χ2v) is 11.7. The van der Waals surface area contributed by atoms with Crippen molar-refractivity contribution in [3.63, 3.8) is 0 Å². The molecule has 4 aromatic rings. The fourth-order valence-corrected chi connectivity index (χ4v) is 7.15. The van der Waals surface area contributed by atoms with Gasteiger partial charge in [-0.1, -0.05) is 75.4 Å². The van der Waals surface area contributed by atoms with Crippen LogP contribution in [0.2, 0.25) is 0 Å². The zero-order valence-corrected chi connectivity index (χ0v) is 22.6. The van der Waals surface area contributed by atoms with Gasteiger partial charge < -0.3 is 19.3 Å². The van der Waals surface area contributed by atoms with Crippen molar-refractivity contribution in [2.24, 2.45) is 0 Å². The fourth-order valence-electron chi connectivity index (χ4n) is 4.34. The van der Waals surface area contributed by atoms with Crippen LogP contribution in [0.3, 0.4) is 0 Å². The number of aryl methyl sites for hydroxylation is 1. The van der Waals surface area contributed by atoms with Crippen molar-refractivity contribution < 1.29 is 19.3 Å². The molecule has 1 atom stereocenters. The molecule has 0 fully saturated rings. The average molecular weight is 501 g/mol. The highest BCUT2D eigenvalue weighted by atomic mass is 31.1. The van der Waals surface area contributed by atoms with Crippen molar-refractivity contribution in [1.82, 2.24) is 0 Å². The first-order valence-corrected chi connectivity index (χ1v) is 13.3. The van der Waals surface area contributed by atoms with E-state index >= 15 is 0 Å². The van der Waals surface area contributed by atoms with E-state index in [0.29, 0.717) is 11.5 Å². The van der Waals surface area contributed by atoms with Gasteiger partial charge in [0.25, 0.3) is 0 Å². The average Bonchev–Trinajstić information content (AvgIpc) is 2.86. The highest BCUT2D eigenvalue weighted by Gasteiger charge is 2.32. The van der Waals surface area contributed by atoms with Crippen molar-refractivity contribution in [2.75, 3.05) is 14.2 Å². The van der Waals surface area contributed by atoms with Crippen molar-refractivity contribution in [2.45, 2.75) is 33.1 Å². The molecule has 4 rings (SSSR count). The van der Waals surface area contributed by atoms with E-state index in [0.717, 1.165) is 38.5 Å². The first kappa shape index (κ1) is 25.6. The summed E-state index contributed by atoms with van der Waals surface area (Å²) in [5.41, 5.74) is 1.71. The molecule has 0 heterocycles. The largest absolute Gasteiger partial charge is 0.507 e. The van der Waals surface area contributed by atoms with Gasteiger partial charge in [0, 0.05) is 18.5 Å². The Labute approximate surface area is 215 Å². The number of phenolic OH excluding ortho intramolecular Hbond substituents is 1. The number of aromatic hydroxyl groups is 1. The number of phenols is 1. The zero-order chi connectivity index (χ0) is 25.9. The molecule has 4 nitrogen and oxygen atoms in total. The van der Waals surface area contributed by atoms with E-state index in [-0.39, 0.29) is 11.2 Å². The Morgan fingerprint density at radius 2 is 1.25 bits per heavy atom. The van der Waals surface area contributed by atoms with E-state index < -0.39 is 7.92 Å². The van der Waals surface area contributed by atoms with Gasteiger partial charge >= 0.3 is 0 Å². The first-order valence-electron chi connectivity index (χ1n) is 11.9. The second kappa shape index (κ2) is 10.6. The van der Waals surface area contributed by atoms with E-state index in [1.54, 1.807) is 14.2 Å². The molecule has 0 aromatic heterocycles. The minimum atomic E-state index is -1.35. The van der Waals surface area contributed by atoms with Gasteiger partial charge in [-0.25, -0.2) is 0 Å². The Kier molecular flexibility index (Phi) is 7.56. The second-order valence-electron chi connectivity index (χ2n) is 9.61. The molecule has 5 heteroatoms. The van der Waals surface area contributed by atoms with Crippen molar-refractivity contribution in [1.29, 1.82) is 0 Å². The van der Waals surface area contributed by atoms with E-state index in [1.165, 1.54) is 0 Å². The molecule has 0 saturated carbocycles. The van der Waals surface area contributed by atoms with Crippen molar-refractivity contribution >= 4 is 23.8 Å². The molecule has 0 amide bonds. The van der Waals surface area contributed by atoms with Gasteiger partial charge in [0.1, 0.15) is 28.7 Å². The van der Waals surface area contributed by atoms with Crippen LogP contribution in [0.25, 0.3) is 0 Å². The third kappa shape index (κ3) is 5.05. The standard InChI is InChI=1S/C31H33O4P/c1-21-13-10-19-26(35-22-14-8-7-9-15-22)29(21)36(30-24(33-5)17-12-18-25(30)34-6)27-20-11-16-23(28(27)32)31(2,3)4/h7-20,32H,1-6H3. The number of ether oxygens (including phenoxy) is 3. The molecular weight excluding hydrogens is 467 g/mol. The summed E-state index contributed by atoms with van der Waals surface area (Å²) in [7, 11) is 1.98. The molecule has 4 aromatic carbocycles. The summed E-state index contributed by atoms with van der Waals surface area (Å²) in [6.45, 7) is 8.40. The number of hydrogen-bond donors (Lipinski definition) is 1. The van der Waals surface area contributed by atoms with Crippen LogP contribution in [0.15, 0.2) is 84.9 Å². The molecule has 0 saturated heterocycles. The topological polar surface area (TPSA) is 47.9 Å². The Morgan fingerprint density at radius 1 is 0.667 bits per heavy atom. The highest BCUT2D eigenvalue weighted by molar-refractivity contribution is 7.80. The SMILES string of the molecule is COc1cccc(OC)c1P(c1cccc(C(C)(C)C)c1O)c1c(C)cccc1Oc1ccccc1. The minimum Gasteiger partial charge on any atom is -0.507 e. The molecule has 0 aliphatic rings. The fraction of sp³-hybridized carbons (Fsp3) is 0.226. The molecule has 0 spiro atoms. The minimum absolute atomic E-state index is 0.235. The molecule has 36 heavy (non-hydrogen) atoms. The number of rotatable bonds is 7. The number of hydrogen-bond acceptors (Lipinski definition) is 4. The molecule has 1 unspecified atom stereocenters. The molecule has 186 valence electrons. The van der Waals surface area contributed by atoms with Crippen LogP contribution in [0.1, 0.15) is 31.9 Å². The molecule has 1 N–H and O–H groups in total. The maximum atomic E-state index is 11.7. The zero-order valence-electron chi connectivity index (χ0n) is 21.7. The molecule has 0 radical (unpaired) electrons. The number of benzene rings is 4. The lowest BCUT2D eigenvalue weighted by Crippen LogP contribution is -2.27. The van der Waals surface area contributed by atoms with Gasteiger partial charge in [-0.15, -0.1) is 0 Å². The lowest BCUT2D eigenvalue weighted by molar-refractivity contribution is 0.401. The van der Waals surface area contributed by atoms with Gasteiger partial charge in [0.05, 0.1) is 19.5 Å². The maximum Gasteiger partial charge on any atom is 0.136 e. The summed E-state index contributed by atoms with van der Waals surface area (Å²) >= 11 is 0. The summed E-state index contributed by atoms with van der Waals surface area (Å²) in [4.78, 5) is 0. The number of methoxy groups -OCH3 is 2. The lowest BCUT2D eigenvalue weighted by atomic mass is 9.86. The summed E-state index contributed by atoms with van der Waals surface area (Å²) in [5, 5.41) is 14.4. The van der Waals surface area contributed by atoms with E-state index in [2.05, 4.69) is 33.8 Å². The molecule has 0 aliphatic carbocycles. The van der Waals surface area contributed by atoms with Crippen LogP contribution in [0, 0.1) is 6.92 Å². The predicted molar refractivity (Wildman–Crippen MR) is 150 cm³/mol. The third-order valence-electron chi connectivity index (χ3n) is 6.08. The van der Waals surface area contributed by atoms with Gasteiger partial charge in [-0.3, -0.25) is 0 Å². The Balaban J connectivity index is 2.07. The van der Waals surface area contributed by atoms with E-state index in [4.69, 9.17) is 14.2 Å². The van der Waals surface area contributed by atoms with Crippen LogP contribution < -0.4 is 30.1 Å². The summed E-state index contributed by atoms with van der Waals surface area (Å²) in [6, 6.07) is 27.6. The van der Waals surface area contributed by atoms with Crippen molar-refractivity contribution in [3.8, 4) is 28.7 Å². The summed E-state index contributed by atoms with van der Waals surface area (Å²) < 4.78 is 18.2. The maximum absolute atomic E-state index is 11.7. The Morgan fingerprint density at radius 3 is 1.86 bits per heavy atom. The first-order chi connectivity index (χ1) is 17.3. The van der Waals surface area contributed by atoms with Crippen molar-refractivity contribution in [3.05, 3.63) is 96.1 Å².